The second-order valence-corrected chi connectivity index (χ2v) is 5.55. The van der Waals surface area contributed by atoms with Gasteiger partial charge in [-0.2, -0.15) is 0 Å². The first-order valence-electron chi connectivity index (χ1n) is 8.19. The van der Waals surface area contributed by atoms with Gasteiger partial charge >= 0.3 is 0 Å². The lowest BCUT2D eigenvalue weighted by Gasteiger charge is -2.20. The Morgan fingerprint density at radius 3 is 2.88 bits per heavy atom. The molecule has 0 aliphatic heterocycles. The lowest BCUT2D eigenvalue weighted by molar-refractivity contribution is 0.0987. The second-order valence-electron chi connectivity index (χ2n) is 5.55. The largest absolute Gasteiger partial charge is 0.329 e. The number of H-pyrrole nitrogens is 1. The zero-order valence-electron chi connectivity index (χ0n) is 14.3. The highest BCUT2D eigenvalue weighted by molar-refractivity contribution is 6.05. The van der Waals surface area contributed by atoms with Crippen LogP contribution in [-0.2, 0) is 6.54 Å². The average Bonchev–Trinajstić information content (AvgIpc) is 3.12. The van der Waals surface area contributed by atoms with Gasteiger partial charge in [0.2, 0.25) is 5.56 Å². The molecule has 0 spiro atoms. The first-order valence-corrected chi connectivity index (χ1v) is 8.19. The molecule has 0 unspecified atom stereocenters. The summed E-state index contributed by atoms with van der Waals surface area (Å²) < 4.78 is 1.67. The summed E-state index contributed by atoms with van der Waals surface area (Å²) in [5.41, 5.74) is 7.12. The smallest absolute Gasteiger partial charge is 0.260 e. The Balaban J connectivity index is 1.90. The van der Waals surface area contributed by atoms with Crippen LogP contribution in [0, 0.1) is 0 Å². The van der Waals surface area contributed by atoms with E-state index >= 15 is 0 Å². The van der Waals surface area contributed by atoms with Crippen molar-refractivity contribution < 1.29 is 4.79 Å². The first kappa shape index (κ1) is 17.5. The maximum Gasteiger partial charge on any atom is 0.260 e. The fourth-order valence-corrected chi connectivity index (χ4v) is 2.51. The van der Waals surface area contributed by atoms with E-state index in [1.54, 1.807) is 29.2 Å². The van der Waals surface area contributed by atoms with E-state index in [4.69, 9.17) is 5.73 Å². The number of hydrogen-bond acceptors (Lipinski definition) is 6. The molecule has 9 heteroatoms. The van der Waals surface area contributed by atoms with Crippen molar-refractivity contribution in [3.63, 3.8) is 0 Å². The van der Waals surface area contributed by atoms with Crippen LogP contribution in [0.25, 0.3) is 11.3 Å². The molecule has 0 radical (unpaired) electrons. The van der Waals surface area contributed by atoms with E-state index in [2.05, 4.69) is 20.3 Å². The number of carbonyl (C=O) groups excluding carboxylic acids is 1. The first-order chi connectivity index (χ1) is 12.6. The van der Waals surface area contributed by atoms with Gasteiger partial charge in [0, 0.05) is 37.1 Å². The molecule has 1 amide bonds. The van der Waals surface area contributed by atoms with Crippen LogP contribution in [-0.4, -0.2) is 44.0 Å². The Labute approximate surface area is 149 Å². The molecule has 26 heavy (non-hydrogen) atoms. The van der Waals surface area contributed by atoms with Gasteiger partial charge in [0.15, 0.2) is 0 Å². The third-order valence-electron chi connectivity index (χ3n) is 3.81. The number of aromatic amines is 1. The summed E-state index contributed by atoms with van der Waals surface area (Å²) in [5.74, 6) is 0.245. The Bertz CT molecular complexity index is 943. The molecule has 134 valence electrons. The van der Waals surface area contributed by atoms with Crippen LogP contribution in [0.15, 0.2) is 47.7 Å². The van der Waals surface area contributed by atoms with E-state index in [-0.39, 0.29) is 11.5 Å². The fraction of sp³-hybridized carbons (Fsp3) is 0.235. The minimum atomic E-state index is -0.259. The molecule has 0 atom stereocenters. The molecule has 3 heterocycles. The molecular formula is C17H19N7O2. The average molecular weight is 353 g/mol. The van der Waals surface area contributed by atoms with Gasteiger partial charge in [-0.25, -0.2) is 4.98 Å². The van der Waals surface area contributed by atoms with Crippen LogP contribution < -0.4 is 16.2 Å². The Morgan fingerprint density at radius 1 is 1.35 bits per heavy atom. The molecular weight excluding hydrogens is 334 g/mol. The predicted octanol–water partition coefficient (Wildman–Crippen LogP) is 0.654. The molecule has 0 aliphatic rings. The van der Waals surface area contributed by atoms with Crippen molar-refractivity contribution in [1.29, 1.82) is 0 Å². The van der Waals surface area contributed by atoms with Crippen molar-refractivity contribution in [2.45, 2.75) is 13.5 Å². The molecule has 0 fully saturated rings. The summed E-state index contributed by atoms with van der Waals surface area (Å²) >= 11 is 0. The maximum absolute atomic E-state index is 12.7. The molecule has 0 bridgehead atoms. The van der Waals surface area contributed by atoms with Gasteiger partial charge < -0.3 is 10.7 Å². The SMILES string of the molecule is CCN(C(=O)c1ccc(=O)[nH]c1)c1cc(-c2cn(CCN)nn2)ccn1. The third-order valence-corrected chi connectivity index (χ3v) is 3.81. The van der Waals surface area contributed by atoms with Gasteiger partial charge in [0.1, 0.15) is 11.5 Å². The van der Waals surface area contributed by atoms with Crippen molar-refractivity contribution in [2.75, 3.05) is 18.0 Å². The van der Waals surface area contributed by atoms with Crippen LogP contribution in [0.5, 0.6) is 0 Å². The number of carbonyl (C=O) groups is 1. The number of rotatable bonds is 6. The Hall–Kier alpha value is -3.33. The van der Waals surface area contributed by atoms with Crippen LogP contribution in [0.2, 0.25) is 0 Å². The van der Waals surface area contributed by atoms with Gasteiger partial charge in [-0.3, -0.25) is 19.2 Å². The minimum Gasteiger partial charge on any atom is -0.329 e. The number of nitrogens with one attached hydrogen (secondary N) is 1. The molecule has 0 aromatic carbocycles. The fourth-order valence-electron chi connectivity index (χ4n) is 2.51. The number of anilines is 1. The summed E-state index contributed by atoms with van der Waals surface area (Å²) in [5, 5.41) is 8.15. The van der Waals surface area contributed by atoms with Gasteiger partial charge in [0.05, 0.1) is 18.3 Å². The number of amides is 1. The molecule has 0 saturated carbocycles. The summed E-state index contributed by atoms with van der Waals surface area (Å²) in [4.78, 5) is 32.3. The van der Waals surface area contributed by atoms with Crippen LogP contribution in [0.3, 0.4) is 0 Å². The lowest BCUT2D eigenvalue weighted by atomic mass is 10.2. The van der Waals surface area contributed by atoms with Gasteiger partial charge in [-0.05, 0) is 25.1 Å². The van der Waals surface area contributed by atoms with E-state index < -0.39 is 0 Å². The normalized spacial score (nSPS) is 10.7. The van der Waals surface area contributed by atoms with Gasteiger partial charge in [-0.1, -0.05) is 5.21 Å². The number of hydrogen-bond donors (Lipinski definition) is 2. The molecule has 3 aromatic rings. The van der Waals surface area contributed by atoms with Gasteiger partial charge in [0.25, 0.3) is 5.91 Å². The number of pyridine rings is 2. The number of nitrogens with zero attached hydrogens (tertiary/aromatic N) is 5. The van der Waals surface area contributed by atoms with E-state index in [0.717, 1.165) is 5.56 Å². The van der Waals surface area contributed by atoms with E-state index in [9.17, 15) is 9.59 Å². The van der Waals surface area contributed by atoms with Crippen molar-refractivity contribution in [3.8, 4) is 11.3 Å². The minimum absolute atomic E-state index is 0.250. The predicted molar refractivity (Wildman–Crippen MR) is 96.7 cm³/mol. The van der Waals surface area contributed by atoms with Gasteiger partial charge in [-0.15, -0.1) is 5.10 Å². The zero-order chi connectivity index (χ0) is 18.5. The molecule has 3 aromatic heterocycles. The highest BCUT2D eigenvalue weighted by Crippen LogP contribution is 2.22. The Kier molecular flexibility index (Phi) is 5.18. The van der Waals surface area contributed by atoms with Crippen LogP contribution in [0.1, 0.15) is 17.3 Å². The molecule has 9 nitrogen and oxygen atoms in total. The third kappa shape index (κ3) is 3.67. The van der Waals surface area contributed by atoms with E-state index in [0.29, 0.717) is 36.7 Å². The standard InChI is InChI=1S/C17H19N7O2/c1-2-24(17(26)13-3-4-16(25)20-10-13)15-9-12(5-7-19-15)14-11-23(8-6-18)22-21-14/h3-5,7,9-11H,2,6,8,18H2,1H3,(H,20,25). The number of nitrogens with two attached hydrogens (primary N) is 1. The van der Waals surface area contributed by atoms with Crippen molar-refractivity contribution in [3.05, 3.63) is 58.8 Å². The second kappa shape index (κ2) is 7.70. The van der Waals surface area contributed by atoms with Crippen LogP contribution in [0.4, 0.5) is 5.82 Å². The van der Waals surface area contributed by atoms with Crippen molar-refractivity contribution in [1.82, 2.24) is 25.0 Å². The summed E-state index contributed by atoms with van der Waals surface area (Å²) in [7, 11) is 0. The van der Waals surface area contributed by atoms with Crippen LogP contribution >= 0.6 is 0 Å². The molecule has 3 N–H and O–H groups in total. The van der Waals surface area contributed by atoms with Crippen molar-refractivity contribution >= 4 is 11.7 Å². The molecule has 3 rings (SSSR count). The highest BCUT2D eigenvalue weighted by Gasteiger charge is 2.18. The quantitative estimate of drug-likeness (QED) is 0.671. The zero-order valence-corrected chi connectivity index (χ0v) is 14.3. The highest BCUT2D eigenvalue weighted by atomic mass is 16.2. The monoisotopic (exact) mass is 353 g/mol. The summed E-state index contributed by atoms with van der Waals surface area (Å²) in [6, 6.07) is 6.40. The van der Waals surface area contributed by atoms with E-state index in [1.807, 2.05) is 6.92 Å². The Morgan fingerprint density at radius 2 is 2.19 bits per heavy atom. The lowest BCUT2D eigenvalue weighted by Crippen LogP contribution is -2.31. The van der Waals surface area contributed by atoms with Crippen molar-refractivity contribution in [2.24, 2.45) is 5.73 Å². The molecule has 0 aliphatic carbocycles. The summed E-state index contributed by atoms with van der Waals surface area (Å²) in [6.07, 6.45) is 4.82. The van der Waals surface area contributed by atoms with E-state index in [1.165, 1.54) is 23.2 Å². The number of aromatic nitrogens is 5. The maximum atomic E-state index is 12.7. The molecule has 0 saturated heterocycles. The summed E-state index contributed by atoms with van der Waals surface area (Å²) in [6.45, 7) is 3.34. The topological polar surface area (TPSA) is 123 Å².